The number of ether oxygens (including phenoxy) is 2. The number of imidazole rings is 1. The molecule has 150 valence electrons. The Morgan fingerprint density at radius 2 is 2.07 bits per heavy atom. The third-order valence-corrected chi connectivity index (χ3v) is 5.43. The maximum Gasteiger partial charge on any atom is 0.321 e. The number of aromatic nitrogens is 3. The first-order valence-electron chi connectivity index (χ1n) is 9.98. The zero-order valence-electron chi connectivity index (χ0n) is 16.1. The van der Waals surface area contributed by atoms with Crippen molar-refractivity contribution >= 4 is 22.9 Å². The highest BCUT2D eigenvalue weighted by Crippen LogP contribution is 2.32. The minimum absolute atomic E-state index is 0.0833. The summed E-state index contributed by atoms with van der Waals surface area (Å²) in [7, 11) is 0. The van der Waals surface area contributed by atoms with Gasteiger partial charge in [0.15, 0.2) is 17.1 Å². The SMILES string of the molecule is O=C(Nc1ccc2c(c1)OCCO2)N1CCCC(Cn2cnc3cccnc32)C1. The first-order valence-corrected chi connectivity index (χ1v) is 9.98. The second-order valence-corrected chi connectivity index (χ2v) is 7.49. The molecule has 1 unspecified atom stereocenters. The lowest BCUT2D eigenvalue weighted by Crippen LogP contribution is -2.43. The number of hydrogen-bond donors (Lipinski definition) is 1. The number of likely N-dealkylation sites (tertiary alicyclic amines) is 1. The Labute approximate surface area is 168 Å². The highest BCUT2D eigenvalue weighted by atomic mass is 16.6. The molecule has 2 aromatic heterocycles. The number of pyridine rings is 1. The zero-order valence-corrected chi connectivity index (χ0v) is 16.1. The van der Waals surface area contributed by atoms with Gasteiger partial charge in [-0.15, -0.1) is 0 Å². The number of anilines is 1. The van der Waals surface area contributed by atoms with Gasteiger partial charge in [0.25, 0.3) is 0 Å². The van der Waals surface area contributed by atoms with Crippen LogP contribution in [0.1, 0.15) is 12.8 Å². The quantitative estimate of drug-likeness (QED) is 0.739. The van der Waals surface area contributed by atoms with Crippen molar-refractivity contribution in [2.45, 2.75) is 19.4 Å². The molecule has 29 heavy (non-hydrogen) atoms. The molecule has 0 bridgehead atoms. The molecule has 2 amide bonds. The number of rotatable bonds is 3. The molecule has 1 aromatic carbocycles. The Balaban J connectivity index is 1.24. The average Bonchev–Trinajstić information content (AvgIpc) is 3.17. The third-order valence-electron chi connectivity index (χ3n) is 5.43. The molecule has 2 aliphatic heterocycles. The zero-order chi connectivity index (χ0) is 19.6. The Morgan fingerprint density at radius 3 is 3.00 bits per heavy atom. The van der Waals surface area contributed by atoms with Gasteiger partial charge in [-0.2, -0.15) is 0 Å². The van der Waals surface area contributed by atoms with Crippen LogP contribution in [-0.4, -0.2) is 51.8 Å². The van der Waals surface area contributed by atoms with E-state index in [1.165, 1.54) is 0 Å². The molecule has 0 spiro atoms. The minimum atomic E-state index is -0.0833. The van der Waals surface area contributed by atoms with Crippen molar-refractivity contribution < 1.29 is 14.3 Å². The first-order chi connectivity index (χ1) is 14.3. The van der Waals surface area contributed by atoms with Crippen LogP contribution >= 0.6 is 0 Å². The van der Waals surface area contributed by atoms with E-state index in [4.69, 9.17) is 9.47 Å². The summed E-state index contributed by atoms with van der Waals surface area (Å²) in [6, 6.07) is 9.27. The molecule has 8 heteroatoms. The number of nitrogens with zero attached hydrogens (tertiary/aromatic N) is 4. The van der Waals surface area contributed by atoms with E-state index < -0.39 is 0 Å². The van der Waals surface area contributed by atoms with Crippen molar-refractivity contribution in [1.29, 1.82) is 0 Å². The summed E-state index contributed by atoms with van der Waals surface area (Å²) in [6.07, 6.45) is 5.69. The number of carbonyl (C=O) groups is 1. The van der Waals surface area contributed by atoms with Crippen LogP contribution in [0.3, 0.4) is 0 Å². The van der Waals surface area contributed by atoms with Crippen LogP contribution in [0.15, 0.2) is 42.9 Å². The van der Waals surface area contributed by atoms with Crippen LogP contribution in [-0.2, 0) is 6.54 Å². The topological polar surface area (TPSA) is 81.5 Å². The van der Waals surface area contributed by atoms with Crippen LogP contribution in [0, 0.1) is 5.92 Å². The summed E-state index contributed by atoms with van der Waals surface area (Å²) in [5.74, 6) is 1.76. The summed E-state index contributed by atoms with van der Waals surface area (Å²) in [5.41, 5.74) is 2.51. The van der Waals surface area contributed by atoms with Crippen molar-refractivity contribution in [2.75, 3.05) is 31.6 Å². The Morgan fingerprint density at radius 1 is 1.17 bits per heavy atom. The normalized spacial score (nSPS) is 18.6. The molecule has 1 saturated heterocycles. The number of piperidine rings is 1. The standard InChI is InChI=1S/C21H23N5O3/c27-21(24-16-5-6-18-19(11-16)29-10-9-28-18)25-8-2-3-15(12-25)13-26-14-23-17-4-1-7-22-20(17)26/h1,4-7,11,14-15H,2-3,8-10,12-13H2,(H,24,27). The number of carbonyl (C=O) groups excluding carboxylic acids is 1. The molecular weight excluding hydrogens is 370 g/mol. The number of hydrogen-bond acceptors (Lipinski definition) is 5. The van der Waals surface area contributed by atoms with Gasteiger partial charge in [0.1, 0.15) is 18.7 Å². The van der Waals surface area contributed by atoms with Crippen molar-refractivity contribution in [3.8, 4) is 11.5 Å². The van der Waals surface area contributed by atoms with Gasteiger partial charge in [-0.05, 0) is 43.0 Å². The van der Waals surface area contributed by atoms with E-state index in [0.29, 0.717) is 42.9 Å². The molecule has 0 radical (unpaired) electrons. The molecule has 5 rings (SSSR count). The van der Waals surface area contributed by atoms with E-state index in [2.05, 4.69) is 19.9 Å². The smallest absolute Gasteiger partial charge is 0.321 e. The lowest BCUT2D eigenvalue weighted by atomic mass is 9.98. The Bertz CT molecular complexity index is 1030. The molecular formula is C21H23N5O3. The second-order valence-electron chi connectivity index (χ2n) is 7.49. The van der Waals surface area contributed by atoms with Gasteiger partial charge in [-0.25, -0.2) is 14.8 Å². The van der Waals surface area contributed by atoms with Crippen LogP contribution in [0.5, 0.6) is 11.5 Å². The van der Waals surface area contributed by atoms with E-state index in [0.717, 1.165) is 37.1 Å². The van der Waals surface area contributed by atoms with Crippen LogP contribution < -0.4 is 14.8 Å². The molecule has 1 fully saturated rings. The van der Waals surface area contributed by atoms with Crippen LogP contribution in [0.2, 0.25) is 0 Å². The van der Waals surface area contributed by atoms with Gasteiger partial charge in [0, 0.05) is 37.6 Å². The van der Waals surface area contributed by atoms with Crippen molar-refractivity contribution in [3.63, 3.8) is 0 Å². The summed E-state index contributed by atoms with van der Waals surface area (Å²) in [4.78, 5) is 23.5. The minimum Gasteiger partial charge on any atom is -0.486 e. The van der Waals surface area contributed by atoms with E-state index in [1.807, 2.05) is 41.6 Å². The van der Waals surface area contributed by atoms with Crippen LogP contribution in [0.4, 0.5) is 10.5 Å². The van der Waals surface area contributed by atoms with Crippen LogP contribution in [0.25, 0.3) is 11.2 Å². The maximum atomic E-state index is 12.8. The fraction of sp³-hybridized carbons (Fsp3) is 0.381. The van der Waals surface area contributed by atoms with Gasteiger partial charge in [0.05, 0.1) is 6.33 Å². The Kier molecular flexibility index (Phi) is 4.67. The molecule has 1 atom stereocenters. The largest absolute Gasteiger partial charge is 0.486 e. The van der Waals surface area contributed by atoms with E-state index >= 15 is 0 Å². The number of amides is 2. The second kappa shape index (κ2) is 7.62. The fourth-order valence-electron chi connectivity index (χ4n) is 4.03. The summed E-state index contributed by atoms with van der Waals surface area (Å²) in [5, 5.41) is 2.99. The van der Waals surface area contributed by atoms with E-state index in [9.17, 15) is 4.79 Å². The van der Waals surface area contributed by atoms with Crippen molar-refractivity contribution in [1.82, 2.24) is 19.4 Å². The first kappa shape index (κ1) is 17.8. The summed E-state index contributed by atoms with van der Waals surface area (Å²) in [6.45, 7) is 3.35. The highest BCUT2D eigenvalue weighted by molar-refractivity contribution is 5.89. The lowest BCUT2D eigenvalue weighted by Gasteiger charge is -2.33. The predicted molar refractivity (Wildman–Crippen MR) is 108 cm³/mol. The molecule has 2 aliphatic rings. The van der Waals surface area contributed by atoms with Crippen molar-refractivity contribution in [2.24, 2.45) is 5.92 Å². The molecule has 0 saturated carbocycles. The number of nitrogens with one attached hydrogen (secondary N) is 1. The Hall–Kier alpha value is -3.29. The third kappa shape index (κ3) is 3.70. The van der Waals surface area contributed by atoms with Gasteiger partial charge in [-0.1, -0.05) is 0 Å². The molecule has 8 nitrogen and oxygen atoms in total. The molecule has 3 aromatic rings. The predicted octanol–water partition coefficient (Wildman–Crippen LogP) is 3.15. The van der Waals surface area contributed by atoms with Crippen molar-refractivity contribution in [3.05, 3.63) is 42.9 Å². The lowest BCUT2D eigenvalue weighted by molar-refractivity contribution is 0.170. The number of fused-ring (bicyclic) bond motifs is 2. The van der Waals surface area contributed by atoms with Gasteiger partial charge < -0.3 is 24.3 Å². The average molecular weight is 393 g/mol. The van der Waals surface area contributed by atoms with Gasteiger partial charge in [0.2, 0.25) is 0 Å². The number of benzene rings is 1. The maximum absolute atomic E-state index is 12.8. The van der Waals surface area contributed by atoms with E-state index in [1.54, 1.807) is 6.20 Å². The van der Waals surface area contributed by atoms with Gasteiger partial charge in [-0.3, -0.25) is 0 Å². The van der Waals surface area contributed by atoms with E-state index in [-0.39, 0.29) is 6.03 Å². The molecule has 4 heterocycles. The summed E-state index contributed by atoms with van der Waals surface area (Å²) < 4.78 is 13.2. The highest BCUT2D eigenvalue weighted by Gasteiger charge is 2.25. The van der Waals surface area contributed by atoms with Gasteiger partial charge >= 0.3 is 6.03 Å². The monoisotopic (exact) mass is 393 g/mol. The number of urea groups is 1. The molecule has 1 N–H and O–H groups in total. The molecule has 0 aliphatic carbocycles. The fourth-order valence-corrected chi connectivity index (χ4v) is 4.03. The summed E-state index contributed by atoms with van der Waals surface area (Å²) >= 11 is 0.